The predicted octanol–water partition coefficient (Wildman–Crippen LogP) is 7.86. The van der Waals surface area contributed by atoms with Crippen LogP contribution in [0.1, 0.15) is 104 Å². The number of hydrogen-bond donors (Lipinski definition) is 0. The fourth-order valence-electron chi connectivity index (χ4n) is 3.49. The summed E-state index contributed by atoms with van der Waals surface area (Å²) in [5, 5.41) is 2.88. The Labute approximate surface area is 156 Å². The van der Waals surface area contributed by atoms with Crippen molar-refractivity contribution in [3.8, 4) is 0 Å². The molecule has 0 saturated carbocycles. The molecular weight excluding hydrogens is 300 g/mol. The zero-order valence-corrected chi connectivity index (χ0v) is 18.4. The van der Waals surface area contributed by atoms with Crippen LogP contribution in [0.2, 0.25) is 0 Å². The molecule has 0 N–H and O–H groups in total. The van der Waals surface area contributed by atoms with E-state index in [0.717, 1.165) is 0 Å². The molecule has 0 amide bonds. The van der Waals surface area contributed by atoms with Gasteiger partial charge in [0.2, 0.25) is 0 Å². The molecule has 0 saturated heterocycles. The maximum atomic E-state index is 2.46. The third kappa shape index (κ3) is 4.10. The van der Waals surface area contributed by atoms with Gasteiger partial charge < -0.3 is 0 Å². The summed E-state index contributed by atoms with van der Waals surface area (Å²) in [7, 11) is 0. The van der Waals surface area contributed by atoms with E-state index in [2.05, 4.69) is 100 Å². The van der Waals surface area contributed by atoms with E-state index in [0.29, 0.717) is 5.92 Å². The molecule has 0 aliphatic heterocycles. The molecule has 25 heavy (non-hydrogen) atoms. The molecular formula is C25H38. The largest absolute Gasteiger partial charge is 0.0587 e. The predicted molar refractivity (Wildman–Crippen MR) is 114 cm³/mol. The van der Waals surface area contributed by atoms with Crippen molar-refractivity contribution in [1.82, 2.24) is 0 Å². The van der Waals surface area contributed by atoms with Gasteiger partial charge in [-0.25, -0.2) is 0 Å². The number of fused-ring (bicyclic) bond motifs is 1. The lowest BCUT2D eigenvalue weighted by molar-refractivity contribution is 0.567. The van der Waals surface area contributed by atoms with Crippen LogP contribution in [0.15, 0.2) is 24.3 Å². The van der Waals surface area contributed by atoms with Gasteiger partial charge in [-0.1, -0.05) is 100 Å². The smallest absolute Gasteiger partial charge is 0.0109 e. The van der Waals surface area contributed by atoms with Crippen molar-refractivity contribution in [3.63, 3.8) is 0 Å². The van der Waals surface area contributed by atoms with Crippen LogP contribution >= 0.6 is 0 Å². The quantitative estimate of drug-likeness (QED) is 0.496. The fraction of sp³-hybridized carbons (Fsp3) is 0.600. The first-order chi connectivity index (χ1) is 11.1. The molecule has 0 fully saturated rings. The highest BCUT2D eigenvalue weighted by molar-refractivity contribution is 5.92. The van der Waals surface area contributed by atoms with Crippen LogP contribution in [0.25, 0.3) is 10.8 Å². The minimum absolute atomic E-state index is 0.124. The summed E-state index contributed by atoms with van der Waals surface area (Å²) >= 11 is 0. The number of hydrogen-bond acceptors (Lipinski definition) is 0. The lowest BCUT2D eigenvalue weighted by Gasteiger charge is -2.31. The summed E-state index contributed by atoms with van der Waals surface area (Å²) in [4.78, 5) is 0. The van der Waals surface area contributed by atoms with Crippen molar-refractivity contribution >= 4 is 10.8 Å². The zero-order chi connectivity index (χ0) is 19.4. The van der Waals surface area contributed by atoms with Crippen molar-refractivity contribution in [1.29, 1.82) is 0 Å². The Bertz CT molecular complexity index is 769. The second-order valence-electron chi connectivity index (χ2n) is 11.1. The Balaban J connectivity index is 3.06. The summed E-state index contributed by atoms with van der Waals surface area (Å²) in [6.45, 7) is 25.6. The second kappa shape index (κ2) is 6.15. The van der Waals surface area contributed by atoms with E-state index < -0.39 is 0 Å². The Morgan fingerprint density at radius 2 is 1.08 bits per heavy atom. The molecule has 0 aromatic heterocycles. The second-order valence-corrected chi connectivity index (χ2v) is 11.1. The molecule has 2 aromatic carbocycles. The van der Waals surface area contributed by atoms with Gasteiger partial charge in [0.15, 0.2) is 0 Å². The molecule has 0 nitrogen and oxygen atoms in total. The highest BCUT2D eigenvalue weighted by Gasteiger charge is 2.27. The van der Waals surface area contributed by atoms with Crippen molar-refractivity contribution in [2.24, 2.45) is 0 Å². The van der Waals surface area contributed by atoms with E-state index in [1.165, 1.54) is 33.0 Å². The van der Waals surface area contributed by atoms with Crippen LogP contribution in [0.4, 0.5) is 0 Å². The molecule has 0 spiro atoms. The molecule has 2 aromatic rings. The maximum absolute atomic E-state index is 2.46. The lowest BCUT2D eigenvalue weighted by atomic mass is 9.73. The van der Waals surface area contributed by atoms with Crippen molar-refractivity contribution in [2.75, 3.05) is 0 Å². The van der Waals surface area contributed by atoms with Crippen molar-refractivity contribution in [3.05, 3.63) is 46.5 Å². The Morgan fingerprint density at radius 1 is 0.600 bits per heavy atom. The summed E-state index contributed by atoms with van der Waals surface area (Å²) in [6, 6.07) is 9.79. The van der Waals surface area contributed by atoms with Gasteiger partial charge in [-0.05, 0) is 55.2 Å². The number of rotatable bonds is 1. The molecule has 0 radical (unpaired) electrons. The molecule has 0 bridgehead atoms. The Morgan fingerprint density at radius 3 is 1.48 bits per heavy atom. The van der Waals surface area contributed by atoms with Crippen LogP contribution in [0.3, 0.4) is 0 Å². The monoisotopic (exact) mass is 338 g/mol. The molecule has 2 rings (SSSR count). The molecule has 0 aliphatic carbocycles. The van der Waals surface area contributed by atoms with E-state index in [-0.39, 0.29) is 16.2 Å². The van der Waals surface area contributed by atoms with Gasteiger partial charge in [0.05, 0.1) is 0 Å². The van der Waals surface area contributed by atoms with Gasteiger partial charge >= 0.3 is 0 Å². The van der Waals surface area contributed by atoms with E-state index in [9.17, 15) is 0 Å². The highest BCUT2D eigenvalue weighted by atomic mass is 14.3. The first-order valence-electron chi connectivity index (χ1n) is 9.75. The third-order valence-electron chi connectivity index (χ3n) is 5.22. The summed E-state index contributed by atoms with van der Waals surface area (Å²) < 4.78 is 0. The van der Waals surface area contributed by atoms with Crippen LogP contribution in [0, 0.1) is 0 Å². The van der Waals surface area contributed by atoms with Crippen LogP contribution in [0.5, 0.6) is 0 Å². The average molecular weight is 339 g/mol. The summed E-state index contributed by atoms with van der Waals surface area (Å²) in [5.41, 5.74) is 6.26. The van der Waals surface area contributed by atoms with Gasteiger partial charge in [-0.3, -0.25) is 0 Å². The van der Waals surface area contributed by atoms with E-state index in [4.69, 9.17) is 0 Å². The van der Waals surface area contributed by atoms with Gasteiger partial charge in [-0.15, -0.1) is 0 Å². The van der Waals surface area contributed by atoms with Gasteiger partial charge in [-0.2, -0.15) is 0 Å². The van der Waals surface area contributed by atoms with Crippen LogP contribution in [-0.4, -0.2) is 0 Å². The standard InChI is InChI=1S/C25H38/c1-16(2)17-12-18-13-19(23(3,4)5)15-21(25(9,10)11)22(18)20(14-17)24(6,7)8/h12-16H,1-11H3. The van der Waals surface area contributed by atoms with Crippen LogP contribution in [-0.2, 0) is 16.2 Å². The number of benzene rings is 2. The fourth-order valence-corrected chi connectivity index (χ4v) is 3.49. The van der Waals surface area contributed by atoms with Crippen molar-refractivity contribution < 1.29 is 0 Å². The highest BCUT2D eigenvalue weighted by Crippen LogP contribution is 2.41. The Hall–Kier alpha value is -1.30. The molecule has 0 heteroatoms. The molecule has 0 heterocycles. The van der Waals surface area contributed by atoms with E-state index in [1.54, 1.807) is 0 Å². The first-order valence-corrected chi connectivity index (χ1v) is 9.75. The maximum Gasteiger partial charge on any atom is -0.0109 e. The SMILES string of the molecule is CC(C)c1cc(C(C)(C)C)c2c(C(C)(C)C)cc(C(C)(C)C)cc2c1. The molecule has 138 valence electrons. The minimum atomic E-state index is 0.124. The van der Waals surface area contributed by atoms with Crippen molar-refractivity contribution in [2.45, 2.75) is 98.3 Å². The Kier molecular flexibility index (Phi) is 4.92. The van der Waals surface area contributed by atoms with Gasteiger partial charge in [0, 0.05) is 0 Å². The normalized spacial score (nSPS) is 13.8. The molecule has 0 unspecified atom stereocenters. The van der Waals surface area contributed by atoms with E-state index >= 15 is 0 Å². The zero-order valence-electron chi connectivity index (χ0n) is 18.4. The van der Waals surface area contributed by atoms with Gasteiger partial charge in [0.25, 0.3) is 0 Å². The molecule has 0 aliphatic rings. The molecule has 0 atom stereocenters. The lowest BCUT2D eigenvalue weighted by Crippen LogP contribution is -2.20. The summed E-state index contributed by atoms with van der Waals surface area (Å²) in [6.07, 6.45) is 0. The first kappa shape index (κ1) is 20.0. The third-order valence-corrected chi connectivity index (χ3v) is 5.22. The topological polar surface area (TPSA) is 0 Å². The minimum Gasteiger partial charge on any atom is -0.0587 e. The van der Waals surface area contributed by atoms with E-state index in [1.807, 2.05) is 0 Å². The van der Waals surface area contributed by atoms with Gasteiger partial charge in [0.1, 0.15) is 0 Å². The average Bonchev–Trinajstić information content (AvgIpc) is 2.41. The summed E-state index contributed by atoms with van der Waals surface area (Å²) in [5.74, 6) is 0.543. The van der Waals surface area contributed by atoms with Crippen LogP contribution < -0.4 is 0 Å².